The maximum absolute atomic E-state index is 13.6. The largest absolute Gasteiger partial charge is 0.299 e. The predicted molar refractivity (Wildman–Crippen MR) is 103 cm³/mol. The third kappa shape index (κ3) is 2.10. The van der Waals surface area contributed by atoms with Crippen molar-refractivity contribution in [3.05, 3.63) is 0 Å². The first-order valence-electron chi connectivity index (χ1n) is 11.4. The highest BCUT2D eigenvalue weighted by Gasteiger charge is 2.65. The van der Waals surface area contributed by atoms with E-state index in [0.29, 0.717) is 11.8 Å². The summed E-state index contributed by atoms with van der Waals surface area (Å²) in [6, 6.07) is 0. The summed E-state index contributed by atoms with van der Waals surface area (Å²) in [5, 5.41) is 0. The van der Waals surface area contributed by atoms with Crippen LogP contribution in [-0.2, 0) is 4.79 Å². The summed E-state index contributed by atoms with van der Waals surface area (Å²) in [4.78, 5) is 14.3. The Morgan fingerprint density at radius 1 is 0.680 bits per heavy atom. The van der Waals surface area contributed by atoms with Crippen LogP contribution in [0, 0.1) is 59.2 Å². The molecule has 2 heteroatoms. The minimum Gasteiger partial charge on any atom is -0.299 e. The average Bonchev–Trinajstić information content (AvgIpc) is 2.95. The Morgan fingerprint density at radius 3 is 2.32 bits per heavy atom. The fraction of sp³-hybridized carbons (Fsp3) is 0.957. The van der Waals surface area contributed by atoms with Crippen LogP contribution >= 0.6 is 15.9 Å². The van der Waals surface area contributed by atoms with Gasteiger partial charge in [-0.1, -0.05) is 48.0 Å². The quantitative estimate of drug-likeness (QED) is 0.462. The van der Waals surface area contributed by atoms with Gasteiger partial charge in [-0.05, 0) is 85.9 Å². The lowest BCUT2D eigenvalue weighted by molar-refractivity contribution is -0.147. The summed E-state index contributed by atoms with van der Waals surface area (Å²) < 4.78 is 0. The van der Waals surface area contributed by atoms with Crippen molar-refractivity contribution >= 4 is 21.7 Å². The molecule has 6 aliphatic rings. The summed E-state index contributed by atoms with van der Waals surface area (Å²) in [5.41, 5.74) is 0. The predicted octanol–water partition coefficient (Wildman–Crippen LogP) is 5.85. The third-order valence-electron chi connectivity index (χ3n) is 10.0. The van der Waals surface area contributed by atoms with Crippen LogP contribution in [0.15, 0.2) is 0 Å². The minimum absolute atomic E-state index is 0.476. The van der Waals surface area contributed by atoms with Gasteiger partial charge in [-0.25, -0.2) is 0 Å². The number of carbonyl (C=O) groups is 1. The summed E-state index contributed by atoms with van der Waals surface area (Å²) >= 11 is 4.13. The van der Waals surface area contributed by atoms with Crippen molar-refractivity contribution in [3.63, 3.8) is 0 Å². The maximum atomic E-state index is 13.6. The van der Waals surface area contributed by atoms with E-state index in [9.17, 15) is 4.79 Å². The second-order valence-electron chi connectivity index (χ2n) is 10.6. The van der Waals surface area contributed by atoms with E-state index in [4.69, 9.17) is 0 Å². The van der Waals surface area contributed by atoms with Crippen LogP contribution in [-0.4, -0.2) is 10.6 Å². The molecule has 0 saturated heterocycles. The number of hydrogen-bond donors (Lipinski definition) is 0. The molecule has 6 fully saturated rings. The van der Waals surface area contributed by atoms with Crippen LogP contribution in [0.2, 0.25) is 0 Å². The molecule has 0 spiro atoms. The van der Waals surface area contributed by atoms with E-state index in [2.05, 4.69) is 15.9 Å². The van der Waals surface area contributed by atoms with Gasteiger partial charge in [0.25, 0.3) is 0 Å². The monoisotopic (exact) mass is 404 g/mol. The van der Waals surface area contributed by atoms with Gasteiger partial charge < -0.3 is 0 Å². The van der Waals surface area contributed by atoms with Crippen LogP contribution in [0.5, 0.6) is 0 Å². The Kier molecular flexibility index (Phi) is 3.76. The normalized spacial score (nSPS) is 59.7. The summed E-state index contributed by atoms with van der Waals surface area (Å²) in [7, 11) is 0. The Hall–Kier alpha value is 0.150. The number of alkyl halides is 1. The number of ketones is 1. The number of hydrogen-bond acceptors (Lipinski definition) is 1. The van der Waals surface area contributed by atoms with E-state index >= 15 is 0 Å². The van der Waals surface area contributed by atoms with Gasteiger partial charge in [-0.15, -0.1) is 0 Å². The van der Waals surface area contributed by atoms with Crippen LogP contribution in [0.4, 0.5) is 0 Å². The van der Waals surface area contributed by atoms with Crippen molar-refractivity contribution in [1.29, 1.82) is 0 Å². The molecule has 0 heterocycles. The first kappa shape index (κ1) is 16.1. The standard InChI is InChI=1S/C23H33BrO/c24-18-11-12-5-3-9-16-19(12)21-15(18)8-4-10-17(21)22-20(16)13-6-1-2-7-14(13)23(22)25/h12-22H,1-11H2. The molecule has 6 aliphatic carbocycles. The fourth-order valence-corrected chi connectivity index (χ4v) is 10.7. The van der Waals surface area contributed by atoms with E-state index in [-0.39, 0.29) is 0 Å². The zero-order valence-corrected chi connectivity index (χ0v) is 17.0. The second-order valence-corrected chi connectivity index (χ2v) is 11.8. The molecule has 0 aromatic heterocycles. The van der Waals surface area contributed by atoms with Gasteiger partial charge in [-0.3, -0.25) is 4.79 Å². The second kappa shape index (κ2) is 5.82. The molecule has 0 aromatic carbocycles. The lowest BCUT2D eigenvalue weighted by Gasteiger charge is -2.62. The topological polar surface area (TPSA) is 17.1 Å². The molecule has 6 saturated carbocycles. The minimum atomic E-state index is 0.476. The van der Waals surface area contributed by atoms with Gasteiger partial charge in [0.2, 0.25) is 0 Å². The number of Topliss-reactive ketones (excluding diaryl/α,β-unsaturated/α-hetero) is 1. The molecule has 6 rings (SSSR count). The molecule has 0 amide bonds. The Labute approximate surface area is 161 Å². The molecule has 1 nitrogen and oxygen atoms in total. The molecular weight excluding hydrogens is 372 g/mol. The zero-order valence-electron chi connectivity index (χ0n) is 15.4. The maximum Gasteiger partial charge on any atom is 0.139 e. The SMILES string of the molecule is O=C1C2CCCCC2C2C3CCCC4CC(Br)C5CCCC(C12)C5C43. The Bertz CT molecular complexity index is 572. The van der Waals surface area contributed by atoms with E-state index in [0.717, 1.165) is 58.0 Å². The van der Waals surface area contributed by atoms with E-state index in [1.807, 2.05) is 0 Å². The number of rotatable bonds is 0. The molecule has 11 atom stereocenters. The van der Waals surface area contributed by atoms with Crippen molar-refractivity contribution in [3.8, 4) is 0 Å². The number of carbonyl (C=O) groups excluding carboxylic acids is 1. The number of halogens is 1. The third-order valence-corrected chi connectivity index (χ3v) is 11.1. The molecule has 138 valence electrons. The van der Waals surface area contributed by atoms with Crippen molar-refractivity contribution < 1.29 is 4.79 Å². The molecule has 0 aliphatic heterocycles. The van der Waals surface area contributed by atoms with Crippen LogP contribution in [0.25, 0.3) is 0 Å². The fourth-order valence-electron chi connectivity index (χ4n) is 9.60. The zero-order chi connectivity index (χ0) is 16.7. The van der Waals surface area contributed by atoms with Gasteiger partial charge in [0, 0.05) is 16.7 Å². The van der Waals surface area contributed by atoms with Crippen molar-refractivity contribution in [1.82, 2.24) is 0 Å². The van der Waals surface area contributed by atoms with Crippen molar-refractivity contribution in [2.24, 2.45) is 59.2 Å². The Morgan fingerprint density at radius 2 is 1.40 bits per heavy atom. The molecule has 11 unspecified atom stereocenters. The first-order chi connectivity index (χ1) is 12.3. The van der Waals surface area contributed by atoms with Gasteiger partial charge in [0.15, 0.2) is 0 Å². The Balaban J connectivity index is 1.46. The lowest BCUT2D eigenvalue weighted by atomic mass is 9.43. The van der Waals surface area contributed by atoms with Gasteiger partial charge in [0.05, 0.1) is 0 Å². The summed E-state index contributed by atoms with van der Waals surface area (Å²) in [6.07, 6.45) is 15.4. The van der Waals surface area contributed by atoms with Crippen LogP contribution in [0.3, 0.4) is 0 Å². The van der Waals surface area contributed by atoms with Gasteiger partial charge >= 0.3 is 0 Å². The molecule has 0 N–H and O–H groups in total. The van der Waals surface area contributed by atoms with Crippen molar-refractivity contribution in [2.75, 3.05) is 0 Å². The van der Waals surface area contributed by atoms with Gasteiger partial charge in [0.1, 0.15) is 5.78 Å². The highest BCUT2D eigenvalue weighted by atomic mass is 79.9. The van der Waals surface area contributed by atoms with Gasteiger partial charge in [-0.2, -0.15) is 0 Å². The molecule has 0 radical (unpaired) electrons. The first-order valence-corrected chi connectivity index (χ1v) is 12.3. The molecule has 25 heavy (non-hydrogen) atoms. The van der Waals surface area contributed by atoms with Crippen LogP contribution < -0.4 is 0 Å². The molecule has 0 aromatic rings. The highest BCUT2D eigenvalue weighted by molar-refractivity contribution is 9.09. The van der Waals surface area contributed by atoms with E-state index in [1.165, 1.54) is 70.6 Å². The van der Waals surface area contributed by atoms with Crippen molar-refractivity contribution in [2.45, 2.75) is 75.5 Å². The average molecular weight is 405 g/mol. The summed E-state index contributed by atoms with van der Waals surface area (Å²) in [5.74, 6) is 8.75. The highest BCUT2D eigenvalue weighted by Crippen LogP contribution is 2.68. The van der Waals surface area contributed by atoms with E-state index < -0.39 is 0 Å². The summed E-state index contributed by atoms with van der Waals surface area (Å²) in [6.45, 7) is 0. The molecular formula is C23H33BrO. The van der Waals surface area contributed by atoms with Crippen LogP contribution in [0.1, 0.15) is 70.6 Å². The smallest absolute Gasteiger partial charge is 0.139 e. The number of fused-ring (bicyclic) bond motifs is 5. The molecule has 0 bridgehead atoms. The lowest BCUT2D eigenvalue weighted by Crippen LogP contribution is -2.58. The van der Waals surface area contributed by atoms with E-state index in [1.54, 1.807) is 0 Å².